The Labute approximate surface area is 348 Å². The van der Waals surface area contributed by atoms with E-state index in [1.54, 1.807) is 41.6 Å². The van der Waals surface area contributed by atoms with Crippen LogP contribution in [0.4, 0.5) is 11.5 Å². The van der Waals surface area contributed by atoms with Crippen LogP contribution in [0.2, 0.25) is 0 Å². The molecule has 1 unspecified atom stereocenters. The minimum absolute atomic E-state index is 0.0592. The highest BCUT2D eigenvalue weighted by atomic mass is 16.5. The number of benzene rings is 1. The van der Waals surface area contributed by atoms with Crippen molar-refractivity contribution in [1.82, 2.24) is 40.5 Å². The van der Waals surface area contributed by atoms with Crippen LogP contribution in [-0.4, -0.2) is 137 Å². The zero-order valence-electron chi connectivity index (χ0n) is 33.7. The summed E-state index contributed by atoms with van der Waals surface area (Å²) in [5.41, 5.74) is 3.28. The van der Waals surface area contributed by atoms with Gasteiger partial charge in [0.15, 0.2) is 11.5 Å². The molecule has 0 aliphatic carbocycles. The molecule has 6 amide bonds. The second-order valence-corrected chi connectivity index (χ2v) is 15.5. The third-order valence-electron chi connectivity index (χ3n) is 11.5. The van der Waals surface area contributed by atoms with Crippen LogP contribution >= 0.6 is 0 Å². The number of hydrogen-bond donors (Lipinski definition) is 3. The number of carbonyl (C=O) groups is 6. The van der Waals surface area contributed by atoms with Gasteiger partial charge in [0.1, 0.15) is 12.6 Å². The van der Waals surface area contributed by atoms with Crippen molar-refractivity contribution in [3.8, 4) is 0 Å². The van der Waals surface area contributed by atoms with E-state index in [9.17, 15) is 28.8 Å². The van der Waals surface area contributed by atoms with Gasteiger partial charge in [0, 0.05) is 101 Å². The zero-order valence-corrected chi connectivity index (χ0v) is 33.7. The summed E-state index contributed by atoms with van der Waals surface area (Å²) in [6.07, 6.45) is 12.1. The topological polar surface area (TPSA) is 199 Å². The highest BCUT2D eigenvalue weighted by Gasteiger charge is 2.40. The van der Waals surface area contributed by atoms with Crippen molar-refractivity contribution in [2.75, 3.05) is 75.8 Å². The van der Waals surface area contributed by atoms with Crippen molar-refractivity contribution in [3.63, 3.8) is 0 Å². The molecule has 0 spiro atoms. The highest BCUT2D eigenvalue weighted by Crippen LogP contribution is 2.32. The molecule has 1 atom stereocenters. The molecule has 4 aliphatic rings. The molecule has 17 heteroatoms. The lowest BCUT2D eigenvalue weighted by Gasteiger charge is -2.35. The van der Waals surface area contributed by atoms with E-state index in [0.29, 0.717) is 81.8 Å². The zero-order chi connectivity index (χ0) is 41.8. The molecule has 3 fully saturated rings. The van der Waals surface area contributed by atoms with Crippen LogP contribution in [0.1, 0.15) is 76.9 Å². The lowest BCUT2D eigenvalue weighted by atomic mass is 9.91. The number of rotatable bonds is 16. The van der Waals surface area contributed by atoms with Gasteiger partial charge >= 0.3 is 0 Å². The summed E-state index contributed by atoms with van der Waals surface area (Å²) in [6.45, 7) is 5.05. The fraction of sp³-hybridized carbons (Fsp3) is 0.465. The maximum absolute atomic E-state index is 13.2. The molecule has 3 N–H and O–H groups in total. The number of piperidine rings is 2. The molecule has 1 aromatic carbocycles. The molecule has 3 saturated heterocycles. The van der Waals surface area contributed by atoms with Crippen molar-refractivity contribution in [2.24, 2.45) is 5.92 Å². The van der Waals surface area contributed by atoms with Gasteiger partial charge in [-0.3, -0.25) is 39.1 Å². The average Bonchev–Trinajstić information content (AvgIpc) is 3.61. The second-order valence-electron chi connectivity index (χ2n) is 15.5. The largest absolute Gasteiger partial charge is 0.382 e. The predicted molar refractivity (Wildman–Crippen MR) is 221 cm³/mol. The number of likely N-dealkylation sites (tertiary alicyclic amines) is 1. The fourth-order valence-corrected chi connectivity index (χ4v) is 8.11. The molecule has 2 aromatic heterocycles. The Morgan fingerprint density at radius 1 is 0.883 bits per heavy atom. The van der Waals surface area contributed by atoms with Crippen molar-refractivity contribution in [2.45, 2.75) is 57.5 Å². The quantitative estimate of drug-likeness (QED) is 0.108. The van der Waals surface area contributed by atoms with Crippen LogP contribution in [0.3, 0.4) is 0 Å². The van der Waals surface area contributed by atoms with Gasteiger partial charge in [-0.2, -0.15) is 0 Å². The number of hydrogen-bond acceptors (Lipinski definition) is 12. The number of pyridine rings is 1. The minimum Gasteiger partial charge on any atom is -0.382 e. The Kier molecular flexibility index (Phi) is 14.1. The predicted octanol–water partition coefficient (Wildman–Crippen LogP) is 2.26. The normalized spacial score (nSPS) is 18.5. The van der Waals surface area contributed by atoms with Gasteiger partial charge in [-0.05, 0) is 73.6 Å². The monoisotopic (exact) mass is 820 g/mol. The van der Waals surface area contributed by atoms with E-state index < -0.39 is 11.9 Å². The lowest BCUT2D eigenvalue weighted by Crippen LogP contribution is -2.52. The van der Waals surface area contributed by atoms with Crippen molar-refractivity contribution >= 4 is 53.0 Å². The molecule has 60 heavy (non-hydrogen) atoms. The van der Waals surface area contributed by atoms with Crippen LogP contribution in [0.15, 0.2) is 60.9 Å². The summed E-state index contributed by atoms with van der Waals surface area (Å²) in [7, 11) is 0. The van der Waals surface area contributed by atoms with Crippen LogP contribution in [0.5, 0.6) is 0 Å². The van der Waals surface area contributed by atoms with E-state index in [1.807, 2.05) is 29.2 Å². The Hall–Kier alpha value is -6.23. The van der Waals surface area contributed by atoms with Crippen LogP contribution < -0.4 is 20.9 Å². The maximum Gasteiger partial charge on any atom is 0.274 e. The van der Waals surface area contributed by atoms with E-state index in [2.05, 4.69) is 36.0 Å². The van der Waals surface area contributed by atoms with E-state index >= 15 is 0 Å². The summed E-state index contributed by atoms with van der Waals surface area (Å²) < 4.78 is 5.70. The van der Waals surface area contributed by atoms with Crippen molar-refractivity contribution in [1.29, 1.82) is 0 Å². The standard InChI is InChI=1S/C43H52N10O7/c54-38(13-9-31-6-4-17-44-27-31)46-18-2-1-5-30-15-20-52(21-16-30)43(59)35-10-12-37(49-48-35)50-22-24-51(25-23-50)40(56)29-60-26-19-45-34-8-3-7-32-33(34)28-53(42(32)58)36-11-14-39(55)47-41(36)57/h3-4,6-10,12-13,17,27,30,36,45H,1-2,5,11,14-16,18-26,28-29H2,(H,46,54)(H,47,55,57)/b13-9+. The van der Waals surface area contributed by atoms with Crippen LogP contribution in [0.25, 0.3) is 6.08 Å². The molecule has 0 radical (unpaired) electrons. The summed E-state index contributed by atoms with van der Waals surface area (Å²) in [5, 5.41) is 17.2. The van der Waals surface area contributed by atoms with E-state index in [1.165, 1.54) is 11.0 Å². The minimum atomic E-state index is -0.680. The first-order valence-corrected chi connectivity index (χ1v) is 20.8. The SMILES string of the molecule is O=C(/C=C/c1cccnc1)NCCCCC1CCN(C(=O)c2ccc(N3CCN(C(=O)COCCNc4cccc5c4CN(C4CCC(=O)NC4=O)C5=O)CC3)nn2)CC1. The van der Waals surface area contributed by atoms with E-state index in [4.69, 9.17) is 4.74 Å². The van der Waals surface area contributed by atoms with Gasteiger partial charge < -0.3 is 35.0 Å². The fourth-order valence-electron chi connectivity index (χ4n) is 8.11. The first-order valence-electron chi connectivity index (χ1n) is 20.8. The summed E-state index contributed by atoms with van der Waals surface area (Å²) in [4.78, 5) is 86.5. The number of unbranched alkanes of at least 4 members (excludes halogenated alkanes) is 1. The number of amides is 6. The molecular weight excluding hydrogens is 769 g/mol. The molecule has 0 bridgehead atoms. The molecule has 316 valence electrons. The molecule has 4 aliphatic heterocycles. The second kappa shape index (κ2) is 20.2. The van der Waals surface area contributed by atoms with Gasteiger partial charge in [-0.1, -0.05) is 25.0 Å². The van der Waals surface area contributed by atoms with Gasteiger partial charge in [0.2, 0.25) is 23.6 Å². The number of nitrogens with one attached hydrogen (secondary N) is 3. The molecule has 0 saturated carbocycles. The van der Waals surface area contributed by atoms with E-state index in [-0.39, 0.29) is 55.7 Å². The highest BCUT2D eigenvalue weighted by molar-refractivity contribution is 6.06. The van der Waals surface area contributed by atoms with Gasteiger partial charge in [0.05, 0.1) is 6.61 Å². The first-order chi connectivity index (χ1) is 29.2. The Balaban J connectivity index is 0.751. The Morgan fingerprint density at radius 3 is 2.47 bits per heavy atom. The van der Waals surface area contributed by atoms with Crippen LogP contribution in [0, 0.1) is 5.92 Å². The summed E-state index contributed by atoms with van der Waals surface area (Å²) >= 11 is 0. The smallest absolute Gasteiger partial charge is 0.274 e. The molecule has 3 aromatic rings. The number of fused-ring (bicyclic) bond motifs is 1. The third-order valence-corrected chi connectivity index (χ3v) is 11.5. The molecule has 7 rings (SSSR count). The van der Waals surface area contributed by atoms with Gasteiger partial charge in [-0.25, -0.2) is 0 Å². The molecule has 17 nitrogen and oxygen atoms in total. The van der Waals surface area contributed by atoms with Gasteiger partial charge in [-0.15, -0.1) is 10.2 Å². The number of anilines is 2. The number of piperazine rings is 1. The number of carbonyl (C=O) groups excluding carboxylic acids is 6. The number of ether oxygens (including phenoxy) is 1. The Bertz CT molecular complexity index is 2050. The van der Waals surface area contributed by atoms with Crippen molar-refractivity contribution in [3.05, 3.63) is 83.3 Å². The maximum atomic E-state index is 13.2. The molecular formula is C43H52N10O7. The summed E-state index contributed by atoms with van der Waals surface area (Å²) in [6, 6.07) is 12.0. The number of nitrogens with zero attached hydrogens (tertiary/aromatic N) is 7. The third kappa shape index (κ3) is 10.7. The lowest BCUT2D eigenvalue weighted by molar-refractivity contribution is -0.137. The van der Waals surface area contributed by atoms with Crippen LogP contribution in [-0.2, 0) is 30.5 Å². The first kappa shape index (κ1) is 41.9. The Morgan fingerprint density at radius 2 is 1.72 bits per heavy atom. The molecule has 6 heterocycles. The van der Waals surface area contributed by atoms with Gasteiger partial charge in [0.25, 0.3) is 11.8 Å². The number of imide groups is 1. The van der Waals surface area contributed by atoms with E-state index in [0.717, 1.165) is 48.9 Å². The summed E-state index contributed by atoms with van der Waals surface area (Å²) in [5.74, 6) is -0.121. The average molecular weight is 821 g/mol. The van der Waals surface area contributed by atoms with Crippen molar-refractivity contribution < 1.29 is 33.5 Å². The number of aromatic nitrogens is 3.